The van der Waals surface area contributed by atoms with E-state index in [1.54, 1.807) is 0 Å². The third-order valence-electron chi connectivity index (χ3n) is 2.92. The van der Waals surface area contributed by atoms with Gasteiger partial charge >= 0.3 is 0 Å². The lowest BCUT2D eigenvalue weighted by molar-refractivity contribution is -0.121. The first kappa shape index (κ1) is 9.11. The highest BCUT2D eigenvalue weighted by Gasteiger charge is 2.43. The minimum Gasteiger partial charge on any atom is -0.287 e. The van der Waals surface area contributed by atoms with Crippen molar-refractivity contribution in [2.24, 2.45) is 11.3 Å². The van der Waals surface area contributed by atoms with Crippen LogP contribution < -0.4 is 0 Å². The van der Waals surface area contributed by atoms with Crippen molar-refractivity contribution in [2.45, 2.75) is 33.6 Å². The smallest absolute Gasteiger partial charge is 0.195 e. The lowest BCUT2D eigenvalue weighted by Crippen LogP contribution is -2.29. The van der Waals surface area contributed by atoms with Gasteiger partial charge in [0.15, 0.2) is 5.12 Å². The minimum atomic E-state index is 0.0185. The molecule has 0 spiro atoms. The molecule has 1 aliphatic heterocycles. The molecule has 0 aromatic heterocycles. The van der Waals surface area contributed by atoms with Crippen molar-refractivity contribution in [1.82, 2.24) is 0 Å². The van der Waals surface area contributed by atoms with Crippen molar-refractivity contribution in [3.05, 3.63) is 0 Å². The monoisotopic (exact) mass is 172 g/mol. The zero-order valence-electron chi connectivity index (χ0n) is 7.52. The second-order valence-corrected chi connectivity index (χ2v) is 4.62. The molecule has 0 bridgehead atoms. The highest BCUT2D eigenvalue weighted by molar-refractivity contribution is 8.14. The third-order valence-corrected chi connectivity index (χ3v) is 4.00. The first-order chi connectivity index (χ1) is 5.13. The van der Waals surface area contributed by atoms with Gasteiger partial charge in [0.05, 0.1) is 0 Å². The number of carbonyl (C=O) groups excluding carboxylic acids is 1. The van der Waals surface area contributed by atoms with E-state index in [4.69, 9.17) is 0 Å². The van der Waals surface area contributed by atoms with Crippen LogP contribution in [0.1, 0.15) is 33.6 Å². The fourth-order valence-corrected chi connectivity index (χ4v) is 3.25. The molecule has 1 aliphatic rings. The van der Waals surface area contributed by atoms with E-state index >= 15 is 0 Å². The van der Waals surface area contributed by atoms with Crippen molar-refractivity contribution < 1.29 is 4.79 Å². The zero-order valence-corrected chi connectivity index (χ0v) is 8.33. The Morgan fingerprint density at radius 1 is 1.64 bits per heavy atom. The highest BCUT2D eigenvalue weighted by atomic mass is 32.2. The van der Waals surface area contributed by atoms with Crippen LogP contribution in [0.4, 0.5) is 0 Å². The predicted molar refractivity (Wildman–Crippen MR) is 49.6 cm³/mol. The van der Waals surface area contributed by atoms with Gasteiger partial charge in [-0.2, -0.15) is 0 Å². The molecule has 11 heavy (non-hydrogen) atoms. The van der Waals surface area contributed by atoms with Gasteiger partial charge in [-0.1, -0.05) is 32.5 Å². The molecule has 1 heterocycles. The fourth-order valence-electron chi connectivity index (χ4n) is 1.83. The molecule has 0 radical (unpaired) electrons. The van der Waals surface area contributed by atoms with E-state index in [0.717, 1.165) is 18.6 Å². The summed E-state index contributed by atoms with van der Waals surface area (Å²) >= 11 is 1.52. The summed E-state index contributed by atoms with van der Waals surface area (Å²) < 4.78 is 0. The minimum absolute atomic E-state index is 0.0185. The third kappa shape index (κ3) is 1.33. The Bertz CT molecular complexity index is 165. The average molecular weight is 172 g/mol. The summed E-state index contributed by atoms with van der Waals surface area (Å²) in [7, 11) is 0. The molecule has 1 saturated heterocycles. The Kier molecular flexibility index (Phi) is 2.63. The van der Waals surface area contributed by atoms with Gasteiger partial charge in [0, 0.05) is 11.2 Å². The molecule has 1 rings (SSSR count). The van der Waals surface area contributed by atoms with Crippen molar-refractivity contribution in [1.29, 1.82) is 0 Å². The summed E-state index contributed by atoms with van der Waals surface area (Å²) in [6, 6.07) is 0. The molecule has 0 aromatic rings. The molecule has 1 atom stereocenters. The molecule has 64 valence electrons. The van der Waals surface area contributed by atoms with E-state index in [1.165, 1.54) is 11.8 Å². The summed E-state index contributed by atoms with van der Waals surface area (Å²) in [4.78, 5) is 11.5. The second-order valence-electron chi connectivity index (χ2n) is 3.55. The first-order valence-corrected chi connectivity index (χ1v) is 5.29. The van der Waals surface area contributed by atoms with E-state index in [9.17, 15) is 4.79 Å². The van der Waals surface area contributed by atoms with E-state index in [-0.39, 0.29) is 5.41 Å². The van der Waals surface area contributed by atoms with Crippen LogP contribution >= 0.6 is 11.8 Å². The van der Waals surface area contributed by atoms with E-state index in [2.05, 4.69) is 20.8 Å². The van der Waals surface area contributed by atoms with Crippen LogP contribution in [-0.4, -0.2) is 10.9 Å². The molecule has 0 saturated carbocycles. The molecule has 2 heteroatoms. The lowest BCUT2D eigenvalue weighted by atomic mass is 9.74. The molecule has 1 unspecified atom stereocenters. The van der Waals surface area contributed by atoms with Gasteiger partial charge in [-0.15, -0.1) is 0 Å². The maximum Gasteiger partial charge on any atom is 0.195 e. The molecule has 0 aliphatic carbocycles. The van der Waals surface area contributed by atoms with Gasteiger partial charge < -0.3 is 0 Å². The number of carbonyl (C=O) groups is 1. The zero-order chi connectivity index (χ0) is 8.48. The van der Waals surface area contributed by atoms with Crippen LogP contribution in [0, 0.1) is 11.3 Å². The van der Waals surface area contributed by atoms with Crippen molar-refractivity contribution >= 4 is 16.9 Å². The molecule has 1 nitrogen and oxygen atoms in total. The summed E-state index contributed by atoms with van der Waals surface area (Å²) in [6.07, 6.45) is 2.10. The standard InChI is InChI=1S/C9H16OS/c1-4-9(7(2)3)5-6-11-8(9)10/h7H,4-6H2,1-3H3. The molecule has 0 N–H and O–H groups in total. The molecule has 0 amide bonds. The lowest BCUT2D eigenvalue weighted by Gasteiger charge is -2.29. The van der Waals surface area contributed by atoms with Gasteiger partial charge in [-0.05, 0) is 18.8 Å². The summed E-state index contributed by atoms with van der Waals surface area (Å²) in [5.41, 5.74) is 0.0185. The summed E-state index contributed by atoms with van der Waals surface area (Å²) in [5.74, 6) is 1.54. The first-order valence-electron chi connectivity index (χ1n) is 4.30. The van der Waals surface area contributed by atoms with Crippen LogP contribution in [0.25, 0.3) is 0 Å². The highest BCUT2D eigenvalue weighted by Crippen LogP contribution is 2.45. The maximum atomic E-state index is 11.5. The summed E-state index contributed by atoms with van der Waals surface area (Å²) in [5, 5.41) is 0.426. The SMILES string of the molecule is CCC1(C(C)C)CCSC1=O. The molecule has 0 aromatic carbocycles. The Labute approximate surface area is 72.9 Å². The van der Waals surface area contributed by atoms with Gasteiger partial charge in [-0.25, -0.2) is 0 Å². The quantitative estimate of drug-likeness (QED) is 0.637. The Morgan fingerprint density at radius 3 is 2.45 bits per heavy atom. The van der Waals surface area contributed by atoms with Crippen LogP contribution in [0.5, 0.6) is 0 Å². The number of rotatable bonds is 2. The normalized spacial score (nSPS) is 31.8. The fraction of sp³-hybridized carbons (Fsp3) is 0.889. The van der Waals surface area contributed by atoms with E-state index < -0.39 is 0 Å². The van der Waals surface area contributed by atoms with Crippen LogP contribution in [-0.2, 0) is 4.79 Å². The number of hydrogen-bond donors (Lipinski definition) is 0. The van der Waals surface area contributed by atoms with E-state index in [0.29, 0.717) is 11.0 Å². The van der Waals surface area contributed by atoms with E-state index in [1.807, 2.05) is 0 Å². The van der Waals surface area contributed by atoms with Crippen molar-refractivity contribution in [3.63, 3.8) is 0 Å². The van der Waals surface area contributed by atoms with Gasteiger partial charge in [-0.3, -0.25) is 4.79 Å². The summed E-state index contributed by atoms with van der Waals surface area (Å²) in [6.45, 7) is 6.45. The number of hydrogen-bond acceptors (Lipinski definition) is 2. The van der Waals surface area contributed by atoms with Crippen LogP contribution in [0.2, 0.25) is 0 Å². The maximum absolute atomic E-state index is 11.5. The second kappa shape index (κ2) is 3.18. The molecule has 1 fully saturated rings. The molecular weight excluding hydrogens is 156 g/mol. The largest absolute Gasteiger partial charge is 0.287 e. The Hall–Kier alpha value is 0.0200. The number of thioether (sulfide) groups is 1. The van der Waals surface area contributed by atoms with Crippen molar-refractivity contribution in [3.8, 4) is 0 Å². The Balaban J connectivity index is 2.82. The molecular formula is C9H16OS. The average Bonchev–Trinajstić information content (AvgIpc) is 2.32. The predicted octanol–water partition coefficient (Wildman–Crippen LogP) is 2.70. The van der Waals surface area contributed by atoms with Crippen LogP contribution in [0.3, 0.4) is 0 Å². The van der Waals surface area contributed by atoms with Gasteiger partial charge in [0.1, 0.15) is 0 Å². The van der Waals surface area contributed by atoms with Gasteiger partial charge in [0.25, 0.3) is 0 Å². The van der Waals surface area contributed by atoms with Crippen LogP contribution in [0.15, 0.2) is 0 Å². The Morgan fingerprint density at radius 2 is 2.27 bits per heavy atom. The van der Waals surface area contributed by atoms with Gasteiger partial charge in [0.2, 0.25) is 0 Å². The van der Waals surface area contributed by atoms with Crippen molar-refractivity contribution in [2.75, 3.05) is 5.75 Å². The topological polar surface area (TPSA) is 17.1 Å².